The van der Waals surface area contributed by atoms with E-state index in [2.05, 4.69) is 0 Å². The van der Waals surface area contributed by atoms with Gasteiger partial charge in [0.15, 0.2) is 5.78 Å². The predicted octanol–water partition coefficient (Wildman–Crippen LogP) is 5.70. The van der Waals surface area contributed by atoms with Crippen molar-refractivity contribution in [3.63, 3.8) is 0 Å². The smallest absolute Gasteiger partial charge is 0.185 e. The number of carbonyl (C=O) groups excluding carboxylic acids is 1. The summed E-state index contributed by atoms with van der Waals surface area (Å²) < 4.78 is 11.4. The van der Waals surface area contributed by atoms with Crippen molar-refractivity contribution in [1.82, 2.24) is 0 Å². The second kappa shape index (κ2) is 9.22. The Balaban J connectivity index is 1.91. The predicted molar refractivity (Wildman–Crippen MR) is 110 cm³/mol. The molecule has 1 aliphatic carbocycles. The molecule has 3 nitrogen and oxygen atoms in total. The van der Waals surface area contributed by atoms with E-state index in [0.717, 1.165) is 53.0 Å². The molecule has 3 rings (SSSR count). The average Bonchev–Trinajstić information content (AvgIpc) is 2.68. The molecule has 0 aromatic heterocycles. The highest BCUT2D eigenvalue weighted by molar-refractivity contribution is 6.14. The lowest BCUT2D eigenvalue weighted by Gasteiger charge is -2.18. The van der Waals surface area contributed by atoms with Gasteiger partial charge in [0.1, 0.15) is 11.5 Å². The highest BCUT2D eigenvalue weighted by Gasteiger charge is 2.21. The maximum absolute atomic E-state index is 13.1. The van der Waals surface area contributed by atoms with Gasteiger partial charge in [0.2, 0.25) is 0 Å². The quantitative estimate of drug-likeness (QED) is 0.618. The zero-order valence-electron chi connectivity index (χ0n) is 16.0. The Labute approximate surface area is 161 Å². The minimum atomic E-state index is 0.124. The number of Topliss-reactive ketones (excluding diaryl/α,β-unsaturated/α-hetero) is 1. The van der Waals surface area contributed by atoms with Crippen molar-refractivity contribution >= 4 is 17.9 Å². The Kier molecular flexibility index (Phi) is 6.48. The van der Waals surface area contributed by atoms with Crippen LogP contribution in [-0.4, -0.2) is 19.0 Å². The fourth-order valence-electron chi connectivity index (χ4n) is 3.33. The van der Waals surface area contributed by atoms with Gasteiger partial charge in [-0.25, -0.2) is 0 Å². The van der Waals surface area contributed by atoms with Crippen molar-refractivity contribution in [2.45, 2.75) is 33.1 Å². The highest BCUT2D eigenvalue weighted by Crippen LogP contribution is 2.31. The zero-order chi connectivity index (χ0) is 19.1. The third kappa shape index (κ3) is 4.68. The molecule has 1 aliphatic rings. The first-order valence-corrected chi connectivity index (χ1v) is 9.62. The van der Waals surface area contributed by atoms with Crippen LogP contribution in [0.15, 0.2) is 59.7 Å². The molecule has 0 amide bonds. The molecule has 0 bridgehead atoms. The van der Waals surface area contributed by atoms with Crippen LogP contribution in [0.1, 0.15) is 44.2 Å². The summed E-state index contributed by atoms with van der Waals surface area (Å²) in [6.45, 7) is 5.14. The molecule has 1 saturated carbocycles. The van der Waals surface area contributed by atoms with Crippen LogP contribution < -0.4 is 9.47 Å². The number of ketones is 1. The number of hydrogen-bond donors (Lipinski definition) is 0. The first-order chi connectivity index (χ1) is 13.2. The van der Waals surface area contributed by atoms with Crippen LogP contribution >= 0.6 is 0 Å². The molecular formula is C24H26O3. The molecule has 0 saturated heterocycles. The Bertz CT molecular complexity index is 792. The van der Waals surface area contributed by atoms with Crippen molar-refractivity contribution < 1.29 is 14.3 Å². The Hall–Kier alpha value is -2.81. The van der Waals surface area contributed by atoms with E-state index >= 15 is 0 Å². The lowest BCUT2D eigenvalue weighted by Crippen LogP contribution is -2.12. The van der Waals surface area contributed by atoms with E-state index in [1.165, 1.54) is 0 Å². The van der Waals surface area contributed by atoms with Gasteiger partial charge in [-0.1, -0.05) is 36.4 Å². The van der Waals surface area contributed by atoms with Crippen LogP contribution in [-0.2, 0) is 4.79 Å². The van der Waals surface area contributed by atoms with Gasteiger partial charge in [0.05, 0.1) is 13.2 Å². The topological polar surface area (TPSA) is 35.5 Å². The molecule has 1 fully saturated rings. The molecular weight excluding hydrogens is 336 g/mol. The van der Waals surface area contributed by atoms with Crippen LogP contribution in [0.2, 0.25) is 0 Å². The maximum Gasteiger partial charge on any atom is 0.185 e. The van der Waals surface area contributed by atoms with Crippen LogP contribution in [0.25, 0.3) is 12.2 Å². The summed E-state index contributed by atoms with van der Waals surface area (Å²) in [7, 11) is 0. The Morgan fingerprint density at radius 2 is 1.22 bits per heavy atom. The average molecular weight is 362 g/mol. The monoisotopic (exact) mass is 362 g/mol. The maximum atomic E-state index is 13.1. The summed E-state index contributed by atoms with van der Waals surface area (Å²) in [5, 5.41) is 0. The summed E-state index contributed by atoms with van der Waals surface area (Å²) in [6.07, 6.45) is 6.52. The number of ether oxygens (including phenoxy) is 2. The lowest BCUT2D eigenvalue weighted by atomic mass is 9.86. The van der Waals surface area contributed by atoms with E-state index in [-0.39, 0.29) is 5.78 Å². The normalized spacial score (nSPS) is 17.3. The molecule has 0 spiro atoms. The molecule has 27 heavy (non-hydrogen) atoms. The second-order valence-corrected chi connectivity index (χ2v) is 6.46. The van der Waals surface area contributed by atoms with Gasteiger partial charge in [0.25, 0.3) is 0 Å². The zero-order valence-corrected chi connectivity index (χ0v) is 16.0. The Morgan fingerprint density at radius 1 is 0.778 bits per heavy atom. The molecule has 3 heteroatoms. The van der Waals surface area contributed by atoms with Gasteiger partial charge in [-0.05, 0) is 57.4 Å². The molecule has 0 unspecified atom stereocenters. The molecule has 0 atom stereocenters. The van der Waals surface area contributed by atoms with Crippen LogP contribution in [0, 0.1) is 0 Å². The molecule has 0 N–H and O–H groups in total. The van der Waals surface area contributed by atoms with Crippen LogP contribution in [0.5, 0.6) is 11.5 Å². The number of carbonyl (C=O) groups is 1. The molecule has 0 radical (unpaired) electrons. The van der Waals surface area contributed by atoms with Gasteiger partial charge < -0.3 is 9.47 Å². The third-order valence-electron chi connectivity index (χ3n) is 4.57. The van der Waals surface area contributed by atoms with Gasteiger partial charge in [-0.2, -0.15) is 0 Å². The fraction of sp³-hybridized carbons (Fsp3) is 0.292. The summed E-state index contributed by atoms with van der Waals surface area (Å²) in [5.41, 5.74) is 3.60. The minimum Gasteiger partial charge on any atom is -0.493 e. The fourth-order valence-corrected chi connectivity index (χ4v) is 3.33. The first kappa shape index (κ1) is 19.0. The van der Waals surface area contributed by atoms with E-state index in [1.807, 2.05) is 74.5 Å². The van der Waals surface area contributed by atoms with E-state index in [1.54, 1.807) is 0 Å². The van der Waals surface area contributed by atoms with Crippen molar-refractivity contribution in [1.29, 1.82) is 0 Å². The summed E-state index contributed by atoms with van der Waals surface area (Å²) >= 11 is 0. The summed E-state index contributed by atoms with van der Waals surface area (Å²) in [5.74, 6) is 1.76. The van der Waals surface area contributed by atoms with Gasteiger partial charge in [-0.3, -0.25) is 4.79 Å². The molecule has 0 heterocycles. The Morgan fingerprint density at radius 3 is 1.67 bits per heavy atom. The number of benzene rings is 2. The number of rotatable bonds is 6. The van der Waals surface area contributed by atoms with E-state index in [4.69, 9.17) is 9.47 Å². The SMILES string of the molecule is CCOc1ccccc1/C=C1\CCC/C(=C\c2ccccc2OCC)C1=O. The van der Waals surface area contributed by atoms with Gasteiger partial charge in [0, 0.05) is 22.3 Å². The van der Waals surface area contributed by atoms with Crippen LogP contribution in [0.3, 0.4) is 0 Å². The summed E-state index contributed by atoms with van der Waals surface area (Å²) in [6, 6.07) is 15.7. The molecule has 2 aromatic rings. The van der Waals surface area contributed by atoms with Crippen molar-refractivity contribution in [3.8, 4) is 11.5 Å². The standard InChI is InChI=1S/C24H26O3/c1-3-26-22-14-7-5-10-18(22)16-20-12-9-13-21(24(20)25)17-19-11-6-8-15-23(19)27-4-2/h5-8,10-11,14-17H,3-4,9,12-13H2,1-2H3/b20-16+,21-17+. The van der Waals surface area contributed by atoms with Crippen LogP contribution in [0.4, 0.5) is 0 Å². The largest absolute Gasteiger partial charge is 0.493 e. The highest BCUT2D eigenvalue weighted by atomic mass is 16.5. The second-order valence-electron chi connectivity index (χ2n) is 6.46. The third-order valence-corrected chi connectivity index (χ3v) is 4.57. The first-order valence-electron chi connectivity index (χ1n) is 9.62. The van der Waals surface area contributed by atoms with E-state index in [0.29, 0.717) is 13.2 Å². The van der Waals surface area contributed by atoms with Crippen molar-refractivity contribution in [2.75, 3.05) is 13.2 Å². The minimum absolute atomic E-state index is 0.124. The summed E-state index contributed by atoms with van der Waals surface area (Å²) in [4.78, 5) is 13.1. The molecule has 2 aromatic carbocycles. The van der Waals surface area contributed by atoms with Gasteiger partial charge >= 0.3 is 0 Å². The van der Waals surface area contributed by atoms with Gasteiger partial charge in [-0.15, -0.1) is 0 Å². The van der Waals surface area contributed by atoms with E-state index in [9.17, 15) is 4.79 Å². The molecule has 0 aliphatic heterocycles. The van der Waals surface area contributed by atoms with Crippen molar-refractivity contribution in [3.05, 3.63) is 70.8 Å². The number of hydrogen-bond acceptors (Lipinski definition) is 3. The van der Waals surface area contributed by atoms with Crippen molar-refractivity contribution in [2.24, 2.45) is 0 Å². The number of allylic oxidation sites excluding steroid dienone is 2. The van der Waals surface area contributed by atoms with E-state index < -0.39 is 0 Å². The lowest BCUT2D eigenvalue weighted by molar-refractivity contribution is -0.112. The molecule has 140 valence electrons. The number of para-hydroxylation sites is 2.